The molecule has 16 heavy (non-hydrogen) atoms. The molecule has 4 nitrogen and oxygen atoms in total. The van der Waals surface area contributed by atoms with Gasteiger partial charge in [0.1, 0.15) is 5.82 Å². The lowest BCUT2D eigenvalue weighted by atomic mass is 10.1. The minimum absolute atomic E-state index is 0.152. The molecular formula is C10H10ClFO4. The first kappa shape index (κ1) is 12.9. The molecule has 2 N–H and O–H groups in total. The Labute approximate surface area is 96.2 Å². The number of aliphatic hydroxyl groups is 1. The summed E-state index contributed by atoms with van der Waals surface area (Å²) in [6.45, 7) is 0.152. The van der Waals surface area contributed by atoms with E-state index in [-0.39, 0.29) is 17.2 Å². The SMILES string of the molecule is COCc1cc(Cl)c(F)c(C(O)C(=O)O)c1. The average Bonchev–Trinajstić information content (AvgIpc) is 2.22. The lowest BCUT2D eigenvalue weighted by Crippen LogP contribution is -2.13. The second-order valence-electron chi connectivity index (χ2n) is 3.15. The van der Waals surface area contributed by atoms with Crippen LogP contribution in [0.3, 0.4) is 0 Å². The van der Waals surface area contributed by atoms with E-state index in [0.717, 1.165) is 0 Å². The van der Waals surface area contributed by atoms with E-state index in [2.05, 4.69) is 0 Å². The van der Waals surface area contributed by atoms with Crippen molar-refractivity contribution in [1.29, 1.82) is 0 Å². The van der Waals surface area contributed by atoms with Gasteiger partial charge in [-0.05, 0) is 17.7 Å². The van der Waals surface area contributed by atoms with Crippen molar-refractivity contribution in [2.45, 2.75) is 12.7 Å². The minimum atomic E-state index is -1.94. The minimum Gasteiger partial charge on any atom is -0.479 e. The molecule has 0 aliphatic carbocycles. The Hall–Kier alpha value is -1.17. The Morgan fingerprint density at radius 2 is 2.25 bits per heavy atom. The Bertz CT molecular complexity index is 408. The summed E-state index contributed by atoms with van der Waals surface area (Å²) in [7, 11) is 1.44. The number of carboxylic acid groups (broad SMARTS) is 1. The molecule has 0 aromatic heterocycles. The van der Waals surface area contributed by atoms with E-state index < -0.39 is 17.9 Å². The van der Waals surface area contributed by atoms with Gasteiger partial charge in [0.05, 0.1) is 11.6 Å². The maximum absolute atomic E-state index is 13.4. The smallest absolute Gasteiger partial charge is 0.337 e. The summed E-state index contributed by atoms with van der Waals surface area (Å²) in [6.07, 6.45) is -1.94. The number of benzene rings is 1. The number of ether oxygens (including phenoxy) is 1. The zero-order chi connectivity index (χ0) is 12.3. The Morgan fingerprint density at radius 1 is 1.62 bits per heavy atom. The molecule has 0 aliphatic rings. The van der Waals surface area contributed by atoms with Crippen LogP contribution in [0, 0.1) is 5.82 Å². The van der Waals surface area contributed by atoms with Crippen LogP contribution in [0.25, 0.3) is 0 Å². The Kier molecular flexibility index (Phi) is 4.23. The number of hydrogen-bond donors (Lipinski definition) is 2. The van der Waals surface area contributed by atoms with Gasteiger partial charge >= 0.3 is 5.97 Å². The number of halogens is 2. The molecule has 1 unspecified atom stereocenters. The molecule has 0 bridgehead atoms. The van der Waals surface area contributed by atoms with Crippen molar-refractivity contribution >= 4 is 17.6 Å². The highest BCUT2D eigenvalue weighted by atomic mass is 35.5. The summed E-state index contributed by atoms with van der Waals surface area (Å²) >= 11 is 5.57. The van der Waals surface area contributed by atoms with Gasteiger partial charge in [-0.3, -0.25) is 0 Å². The van der Waals surface area contributed by atoms with E-state index >= 15 is 0 Å². The van der Waals surface area contributed by atoms with Crippen molar-refractivity contribution < 1.29 is 24.1 Å². The standard InChI is InChI=1S/C10H10ClFO4/c1-16-4-5-2-6(9(13)10(14)15)8(12)7(11)3-5/h2-3,9,13H,4H2,1H3,(H,14,15). The van der Waals surface area contributed by atoms with Gasteiger partial charge in [0, 0.05) is 12.7 Å². The predicted molar refractivity (Wildman–Crippen MR) is 54.7 cm³/mol. The Morgan fingerprint density at radius 3 is 2.75 bits per heavy atom. The summed E-state index contributed by atoms with van der Waals surface area (Å²) in [4.78, 5) is 10.5. The third-order valence-electron chi connectivity index (χ3n) is 1.96. The second-order valence-corrected chi connectivity index (χ2v) is 3.56. The summed E-state index contributed by atoms with van der Waals surface area (Å²) in [5.41, 5.74) is 0.122. The van der Waals surface area contributed by atoms with Crippen molar-refractivity contribution in [1.82, 2.24) is 0 Å². The van der Waals surface area contributed by atoms with Crippen LogP contribution >= 0.6 is 11.6 Å². The molecule has 0 spiro atoms. The fraction of sp³-hybridized carbons (Fsp3) is 0.300. The predicted octanol–water partition coefficient (Wildman–Crippen LogP) is 1.74. The quantitative estimate of drug-likeness (QED) is 0.852. The summed E-state index contributed by atoms with van der Waals surface area (Å²) in [6, 6.07) is 2.53. The number of rotatable bonds is 4. The van der Waals surface area contributed by atoms with Gasteiger partial charge in [-0.25, -0.2) is 9.18 Å². The van der Waals surface area contributed by atoms with Gasteiger partial charge in [-0.15, -0.1) is 0 Å². The molecule has 0 saturated heterocycles. The summed E-state index contributed by atoms with van der Waals surface area (Å²) < 4.78 is 18.2. The van der Waals surface area contributed by atoms with Gasteiger partial charge in [-0.2, -0.15) is 0 Å². The molecule has 1 rings (SSSR count). The van der Waals surface area contributed by atoms with Gasteiger partial charge in [0.2, 0.25) is 0 Å². The van der Waals surface area contributed by atoms with Crippen molar-refractivity contribution in [3.05, 3.63) is 34.1 Å². The molecule has 1 aromatic rings. The maximum Gasteiger partial charge on any atom is 0.337 e. The zero-order valence-electron chi connectivity index (χ0n) is 8.41. The first-order valence-electron chi connectivity index (χ1n) is 4.35. The normalized spacial score (nSPS) is 12.5. The first-order valence-corrected chi connectivity index (χ1v) is 4.72. The number of carbonyl (C=O) groups is 1. The monoisotopic (exact) mass is 248 g/mol. The molecule has 1 aromatic carbocycles. The highest BCUT2D eigenvalue weighted by Crippen LogP contribution is 2.26. The number of methoxy groups -OCH3 is 1. The number of aliphatic carboxylic acids is 1. The number of aliphatic hydroxyl groups excluding tert-OH is 1. The second kappa shape index (κ2) is 5.25. The van der Waals surface area contributed by atoms with Crippen LogP contribution in [-0.4, -0.2) is 23.3 Å². The fourth-order valence-electron chi connectivity index (χ4n) is 1.25. The fourth-order valence-corrected chi connectivity index (χ4v) is 1.50. The van der Waals surface area contributed by atoms with Crippen LogP contribution < -0.4 is 0 Å². The van der Waals surface area contributed by atoms with Gasteiger partial charge in [0.15, 0.2) is 6.10 Å². The van der Waals surface area contributed by atoms with Crippen molar-refractivity contribution in [2.75, 3.05) is 7.11 Å². The third kappa shape index (κ3) is 2.69. The van der Waals surface area contributed by atoms with Crippen molar-refractivity contribution in [2.24, 2.45) is 0 Å². The molecule has 88 valence electrons. The maximum atomic E-state index is 13.4. The van der Waals surface area contributed by atoms with E-state index in [1.807, 2.05) is 0 Å². The van der Waals surface area contributed by atoms with E-state index in [4.69, 9.17) is 21.4 Å². The number of hydrogen-bond acceptors (Lipinski definition) is 3. The van der Waals surface area contributed by atoms with Crippen LogP contribution in [0.15, 0.2) is 12.1 Å². The lowest BCUT2D eigenvalue weighted by Gasteiger charge is -2.10. The summed E-state index contributed by atoms with van der Waals surface area (Å²) in [5, 5.41) is 17.6. The average molecular weight is 249 g/mol. The third-order valence-corrected chi connectivity index (χ3v) is 2.23. The Balaban J connectivity index is 3.20. The number of carboxylic acids is 1. The van der Waals surface area contributed by atoms with E-state index in [9.17, 15) is 14.3 Å². The van der Waals surface area contributed by atoms with Crippen molar-refractivity contribution in [3.8, 4) is 0 Å². The molecule has 0 amide bonds. The van der Waals surface area contributed by atoms with Crippen LogP contribution in [-0.2, 0) is 16.1 Å². The van der Waals surface area contributed by atoms with Gasteiger partial charge in [0.25, 0.3) is 0 Å². The van der Waals surface area contributed by atoms with Crippen LogP contribution in [0.5, 0.6) is 0 Å². The highest BCUT2D eigenvalue weighted by Gasteiger charge is 2.22. The highest BCUT2D eigenvalue weighted by molar-refractivity contribution is 6.30. The van der Waals surface area contributed by atoms with Crippen LogP contribution in [0.4, 0.5) is 4.39 Å². The van der Waals surface area contributed by atoms with E-state index in [1.54, 1.807) is 0 Å². The van der Waals surface area contributed by atoms with E-state index in [1.165, 1.54) is 19.2 Å². The molecule has 0 radical (unpaired) electrons. The van der Waals surface area contributed by atoms with Crippen LogP contribution in [0.1, 0.15) is 17.2 Å². The largest absolute Gasteiger partial charge is 0.479 e. The molecule has 0 fully saturated rings. The van der Waals surface area contributed by atoms with Gasteiger partial charge in [-0.1, -0.05) is 11.6 Å². The molecule has 6 heteroatoms. The lowest BCUT2D eigenvalue weighted by molar-refractivity contribution is -0.147. The molecule has 0 saturated carbocycles. The molecule has 0 aliphatic heterocycles. The molecular weight excluding hydrogens is 239 g/mol. The van der Waals surface area contributed by atoms with Gasteiger partial charge < -0.3 is 14.9 Å². The summed E-state index contributed by atoms with van der Waals surface area (Å²) in [5.74, 6) is -2.47. The zero-order valence-corrected chi connectivity index (χ0v) is 9.16. The van der Waals surface area contributed by atoms with Crippen LogP contribution in [0.2, 0.25) is 5.02 Å². The molecule has 0 heterocycles. The molecule has 1 atom stereocenters. The van der Waals surface area contributed by atoms with Crippen molar-refractivity contribution in [3.63, 3.8) is 0 Å². The topological polar surface area (TPSA) is 66.8 Å². The first-order chi connectivity index (χ1) is 7.47. The van der Waals surface area contributed by atoms with E-state index in [0.29, 0.717) is 5.56 Å².